The van der Waals surface area contributed by atoms with E-state index in [2.05, 4.69) is 41.7 Å². The van der Waals surface area contributed by atoms with Crippen LogP contribution in [0.1, 0.15) is 31.9 Å². The first kappa shape index (κ1) is 13.3. The smallest absolute Gasteiger partial charge is 0.220 e. The van der Waals surface area contributed by atoms with Crippen LogP contribution in [0, 0.1) is 0 Å². The summed E-state index contributed by atoms with van der Waals surface area (Å²) in [4.78, 5) is 11.4. The van der Waals surface area contributed by atoms with Crippen LogP contribution in [0.15, 0.2) is 54.6 Å². The molecule has 0 aliphatic heterocycles. The first-order valence-electron chi connectivity index (χ1n) is 6.65. The highest BCUT2D eigenvalue weighted by Crippen LogP contribution is 2.21. The summed E-state index contributed by atoms with van der Waals surface area (Å²) in [6.07, 6.45) is 0.520. The maximum Gasteiger partial charge on any atom is 0.220 e. The summed E-state index contributed by atoms with van der Waals surface area (Å²) in [6.45, 7) is 3.87. The second-order valence-corrected chi connectivity index (χ2v) is 4.63. The summed E-state index contributed by atoms with van der Waals surface area (Å²) < 4.78 is 0. The molecular formula is C17H19NO. The van der Waals surface area contributed by atoms with Crippen molar-refractivity contribution < 1.29 is 4.79 Å². The molecule has 0 aliphatic carbocycles. The van der Waals surface area contributed by atoms with E-state index in [1.165, 1.54) is 11.1 Å². The Kier molecular flexibility index (Phi) is 4.35. The van der Waals surface area contributed by atoms with Crippen molar-refractivity contribution in [2.45, 2.75) is 26.3 Å². The van der Waals surface area contributed by atoms with E-state index < -0.39 is 0 Å². The number of carbonyl (C=O) groups excluding carboxylic acids is 1. The third-order valence-electron chi connectivity index (χ3n) is 3.22. The number of hydrogen-bond acceptors (Lipinski definition) is 1. The van der Waals surface area contributed by atoms with Crippen molar-refractivity contribution in [1.29, 1.82) is 0 Å². The normalized spacial score (nSPS) is 11.9. The number of nitrogens with one attached hydrogen (secondary N) is 1. The molecule has 19 heavy (non-hydrogen) atoms. The lowest BCUT2D eigenvalue weighted by Gasteiger charge is -2.14. The highest BCUT2D eigenvalue weighted by molar-refractivity contribution is 5.76. The van der Waals surface area contributed by atoms with Gasteiger partial charge in [0.05, 0.1) is 6.04 Å². The Labute approximate surface area is 114 Å². The summed E-state index contributed by atoms with van der Waals surface area (Å²) in [5, 5.41) is 2.97. The quantitative estimate of drug-likeness (QED) is 0.878. The van der Waals surface area contributed by atoms with Gasteiger partial charge in [0.1, 0.15) is 0 Å². The van der Waals surface area contributed by atoms with Crippen LogP contribution >= 0.6 is 0 Å². The van der Waals surface area contributed by atoms with Crippen molar-refractivity contribution in [2.24, 2.45) is 0 Å². The Hall–Kier alpha value is -2.09. The standard InChI is InChI=1S/C17H19NO/c1-3-17(19)18-13(2)14-9-11-16(12-10-14)15-7-5-4-6-8-15/h4-13H,3H2,1-2H3,(H,18,19)/t13-/m1/s1. The van der Waals surface area contributed by atoms with E-state index >= 15 is 0 Å². The molecule has 0 saturated carbocycles. The van der Waals surface area contributed by atoms with Crippen molar-refractivity contribution >= 4 is 5.91 Å². The largest absolute Gasteiger partial charge is 0.350 e. The van der Waals surface area contributed by atoms with E-state index in [0.717, 1.165) is 5.56 Å². The van der Waals surface area contributed by atoms with E-state index in [9.17, 15) is 4.79 Å². The van der Waals surface area contributed by atoms with Gasteiger partial charge in [-0.1, -0.05) is 61.5 Å². The molecule has 0 bridgehead atoms. The van der Waals surface area contributed by atoms with Crippen LogP contribution in [0.5, 0.6) is 0 Å². The third-order valence-corrected chi connectivity index (χ3v) is 3.22. The highest BCUT2D eigenvalue weighted by atomic mass is 16.1. The molecule has 2 nitrogen and oxygen atoms in total. The molecule has 2 heteroatoms. The molecule has 0 spiro atoms. The zero-order valence-electron chi connectivity index (χ0n) is 11.4. The maximum absolute atomic E-state index is 11.4. The van der Waals surface area contributed by atoms with Gasteiger partial charge in [0.2, 0.25) is 5.91 Å². The first-order valence-corrected chi connectivity index (χ1v) is 6.65. The van der Waals surface area contributed by atoms with Gasteiger partial charge >= 0.3 is 0 Å². The Bertz CT molecular complexity index is 531. The number of rotatable bonds is 4. The summed E-state index contributed by atoms with van der Waals surface area (Å²) in [5.74, 6) is 0.0830. The topological polar surface area (TPSA) is 29.1 Å². The minimum Gasteiger partial charge on any atom is -0.350 e. The monoisotopic (exact) mass is 253 g/mol. The molecule has 0 aliphatic rings. The van der Waals surface area contributed by atoms with Gasteiger partial charge in [0.25, 0.3) is 0 Å². The second kappa shape index (κ2) is 6.19. The van der Waals surface area contributed by atoms with Crippen molar-refractivity contribution in [1.82, 2.24) is 5.32 Å². The van der Waals surface area contributed by atoms with Crippen LogP contribution < -0.4 is 5.32 Å². The van der Waals surface area contributed by atoms with Gasteiger partial charge in [-0.15, -0.1) is 0 Å². The van der Waals surface area contributed by atoms with E-state index in [4.69, 9.17) is 0 Å². The van der Waals surface area contributed by atoms with Gasteiger partial charge in [0, 0.05) is 6.42 Å². The van der Waals surface area contributed by atoms with E-state index in [0.29, 0.717) is 6.42 Å². The lowest BCUT2D eigenvalue weighted by atomic mass is 10.0. The van der Waals surface area contributed by atoms with Crippen LogP contribution in [-0.2, 0) is 4.79 Å². The van der Waals surface area contributed by atoms with E-state index in [1.807, 2.05) is 32.0 Å². The van der Waals surface area contributed by atoms with Crippen molar-refractivity contribution in [2.75, 3.05) is 0 Å². The molecule has 1 amide bonds. The van der Waals surface area contributed by atoms with Crippen LogP contribution in [0.3, 0.4) is 0 Å². The maximum atomic E-state index is 11.4. The Morgan fingerprint density at radius 2 is 1.58 bits per heavy atom. The Balaban J connectivity index is 2.12. The van der Waals surface area contributed by atoms with E-state index in [-0.39, 0.29) is 11.9 Å². The number of carbonyl (C=O) groups is 1. The fourth-order valence-corrected chi connectivity index (χ4v) is 2.02. The molecule has 0 radical (unpaired) electrons. The summed E-state index contributed by atoms with van der Waals surface area (Å²) in [7, 11) is 0. The minimum atomic E-state index is 0.0530. The van der Waals surface area contributed by atoms with Gasteiger partial charge in [-0.25, -0.2) is 0 Å². The third kappa shape index (κ3) is 3.44. The lowest BCUT2D eigenvalue weighted by Crippen LogP contribution is -2.25. The van der Waals surface area contributed by atoms with Gasteiger partial charge in [-0.05, 0) is 23.6 Å². The molecule has 0 fully saturated rings. The minimum absolute atomic E-state index is 0.0530. The zero-order chi connectivity index (χ0) is 13.7. The molecule has 1 atom stereocenters. The predicted octanol–water partition coefficient (Wildman–Crippen LogP) is 3.94. The van der Waals surface area contributed by atoms with Crippen molar-refractivity contribution in [3.8, 4) is 11.1 Å². The zero-order valence-corrected chi connectivity index (χ0v) is 11.4. The van der Waals surface area contributed by atoms with Gasteiger partial charge in [0.15, 0.2) is 0 Å². The Morgan fingerprint density at radius 3 is 2.16 bits per heavy atom. The second-order valence-electron chi connectivity index (χ2n) is 4.63. The molecule has 2 rings (SSSR count). The molecule has 2 aromatic carbocycles. The van der Waals surface area contributed by atoms with Crippen molar-refractivity contribution in [3.05, 3.63) is 60.2 Å². The average molecular weight is 253 g/mol. The van der Waals surface area contributed by atoms with E-state index in [1.54, 1.807) is 0 Å². The predicted molar refractivity (Wildman–Crippen MR) is 78.7 cm³/mol. The molecule has 0 unspecified atom stereocenters. The lowest BCUT2D eigenvalue weighted by molar-refractivity contribution is -0.121. The van der Waals surface area contributed by atoms with Gasteiger partial charge in [-0.2, -0.15) is 0 Å². The van der Waals surface area contributed by atoms with Crippen LogP contribution in [-0.4, -0.2) is 5.91 Å². The molecule has 2 aromatic rings. The van der Waals surface area contributed by atoms with Crippen LogP contribution in [0.4, 0.5) is 0 Å². The molecule has 0 aromatic heterocycles. The summed E-state index contributed by atoms with van der Waals surface area (Å²) in [6, 6.07) is 18.7. The number of hydrogen-bond donors (Lipinski definition) is 1. The van der Waals surface area contributed by atoms with Crippen LogP contribution in [0.2, 0.25) is 0 Å². The van der Waals surface area contributed by atoms with Gasteiger partial charge in [-0.3, -0.25) is 4.79 Å². The van der Waals surface area contributed by atoms with Gasteiger partial charge < -0.3 is 5.32 Å². The first-order chi connectivity index (χ1) is 9.20. The van der Waals surface area contributed by atoms with Crippen molar-refractivity contribution in [3.63, 3.8) is 0 Å². The summed E-state index contributed by atoms with van der Waals surface area (Å²) in [5.41, 5.74) is 3.53. The molecule has 1 N–H and O–H groups in total. The molecule has 0 heterocycles. The molecule has 98 valence electrons. The van der Waals surface area contributed by atoms with Crippen LogP contribution in [0.25, 0.3) is 11.1 Å². The number of benzene rings is 2. The number of amides is 1. The Morgan fingerprint density at radius 1 is 1.00 bits per heavy atom. The highest BCUT2D eigenvalue weighted by Gasteiger charge is 2.07. The molecule has 0 saturated heterocycles. The molecular weight excluding hydrogens is 234 g/mol. The average Bonchev–Trinajstić information content (AvgIpc) is 2.48. The fraction of sp³-hybridized carbons (Fsp3) is 0.235. The SMILES string of the molecule is CCC(=O)N[C@H](C)c1ccc(-c2ccccc2)cc1. The fourth-order valence-electron chi connectivity index (χ4n) is 2.02. The summed E-state index contributed by atoms with van der Waals surface area (Å²) >= 11 is 0.